The number of sulfonamides is 1. The highest BCUT2D eigenvalue weighted by Crippen LogP contribution is 2.28. The Morgan fingerprint density at radius 2 is 1.60 bits per heavy atom. The predicted octanol–water partition coefficient (Wildman–Crippen LogP) is 5.89. The first-order valence-corrected chi connectivity index (χ1v) is 17.2. The molecule has 232 valence electrons. The van der Waals surface area contributed by atoms with Crippen LogP contribution in [0, 0.1) is 12.8 Å². The molecule has 3 aromatic rings. The number of rotatable bonds is 15. The molecule has 0 radical (unpaired) electrons. The van der Waals surface area contributed by atoms with Gasteiger partial charge in [0.2, 0.25) is 11.8 Å². The Kier molecular flexibility index (Phi) is 12.5. The molecule has 0 aliphatic heterocycles. The fraction of sp³-hybridized carbons (Fsp3) is 0.394. The van der Waals surface area contributed by atoms with Crippen molar-refractivity contribution in [1.29, 1.82) is 0 Å². The quantitative estimate of drug-likeness (QED) is 0.212. The van der Waals surface area contributed by atoms with Crippen molar-refractivity contribution < 1.29 is 22.7 Å². The molecule has 1 atom stereocenters. The molecule has 3 rings (SSSR count). The molecule has 0 heterocycles. The van der Waals surface area contributed by atoms with E-state index in [9.17, 15) is 18.0 Å². The molecule has 0 fully saturated rings. The highest BCUT2D eigenvalue weighted by Gasteiger charge is 2.34. The van der Waals surface area contributed by atoms with E-state index >= 15 is 0 Å². The third-order valence-electron chi connectivity index (χ3n) is 7.03. The Morgan fingerprint density at radius 3 is 2.16 bits per heavy atom. The van der Waals surface area contributed by atoms with E-state index in [0.717, 1.165) is 20.3 Å². The Hall–Kier alpha value is -3.50. The summed E-state index contributed by atoms with van der Waals surface area (Å²) in [6.45, 7) is 10.3. The van der Waals surface area contributed by atoms with Crippen LogP contribution in [0.5, 0.6) is 5.75 Å². The molecular formula is C33H43N3O5S2. The van der Waals surface area contributed by atoms with Gasteiger partial charge in [-0.1, -0.05) is 45.0 Å². The Bertz CT molecular complexity index is 1460. The SMILES string of the molecule is CCOc1ccc(N(CC(=O)N(Cc2ccccc2C)[C@@H](CC)C(=O)NCC(C)C)S(=O)(=O)c2ccc(SC)cc2)cc1. The van der Waals surface area contributed by atoms with Gasteiger partial charge in [0.1, 0.15) is 18.3 Å². The number of carbonyl (C=O) groups is 2. The molecule has 3 aromatic carbocycles. The second kappa shape index (κ2) is 15.8. The molecule has 0 spiro atoms. The number of carbonyl (C=O) groups excluding carboxylic acids is 2. The molecule has 43 heavy (non-hydrogen) atoms. The minimum absolute atomic E-state index is 0.0687. The predicted molar refractivity (Wildman–Crippen MR) is 174 cm³/mol. The summed E-state index contributed by atoms with van der Waals surface area (Å²) in [4.78, 5) is 30.1. The number of ether oxygens (including phenoxy) is 1. The van der Waals surface area contributed by atoms with Crippen LogP contribution in [0.25, 0.3) is 0 Å². The standard InChI is InChI=1S/C33H43N3O5S2/c1-7-31(33(38)34-21-24(3)4)35(22-26-12-10-9-11-25(26)5)32(37)23-36(27-13-15-28(16-14-27)41-8-2)43(39,40)30-19-17-29(42-6)18-20-30/h9-20,24,31H,7-8,21-23H2,1-6H3,(H,34,38)/t31-/m0/s1. The third-order valence-corrected chi connectivity index (χ3v) is 9.57. The van der Waals surface area contributed by atoms with E-state index in [-0.39, 0.29) is 23.3 Å². The van der Waals surface area contributed by atoms with Gasteiger partial charge in [0.25, 0.3) is 10.0 Å². The van der Waals surface area contributed by atoms with Gasteiger partial charge in [0.05, 0.1) is 17.2 Å². The fourth-order valence-corrected chi connectivity index (χ4v) is 6.41. The minimum atomic E-state index is -4.15. The van der Waals surface area contributed by atoms with Crippen LogP contribution >= 0.6 is 11.8 Å². The van der Waals surface area contributed by atoms with E-state index in [1.807, 2.05) is 65.1 Å². The molecule has 2 amide bonds. The number of amides is 2. The van der Waals surface area contributed by atoms with E-state index in [0.29, 0.717) is 31.0 Å². The third kappa shape index (κ3) is 9.00. The maximum atomic E-state index is 14.2. The zero-order chi connectivity index (χ0) is 31.6. The van der Waals surface area contributed by atoms with Crippen molar-refractivity contribution in [2.24, 2.45) is 5.92 Å². The van der Waals surface area contributed by atoms with Crippen molar-refractivity contribution in [3.8, 4) is 5.75 Å². The lowest BCUT2D eigenvalue weighted by atomic mass is 10.1. The minimum Gasteiger partial charge on any atom is -0.494 e. The van der Waals surface area contributed by atoms with Crippen molar-refractivity contribution >= 4 is 39.3 Å². The van der Waals surface area contributed by atoms with Crippen LogP contribution in [0.15, 0.2) is 82.6 Å². The lowest BCUT2D eigenvalue weighted by Gasteiger charge is -2.33. The number of hydrogen-bond donors (Lipinski definition) is 1. The van der Waals surface area contributed by atoms with Crippen LogP contribution < -0.4 is 14.4 Å². The van der Waals surface area contributed by atoms with Gasteiger partial charge in [-0.05, 0) is 92.1 Å². The molecular weight excluding hydrogens is 583 g/mol. The Labute approximate surface area is 260 Å². The number of aryl methyl sites for hydroxylation is 1. The molecule has 8 nitrogen and oxygen atoms in total. The van der Waals surface area contributed by atoms with E-state index in [2.05, 4.69) is 5.32 Å². The summed E-state index contributed by atoms with van der Waals surface area (Å²) in [6, 6.07) is 20.1. The van der Waals surface area contributed by atoms with E-state index in [1.54, 1.807) is 48.5 Å². The summed E-state index contributed by atoms with van der Waals surface area (Å²) in [6.07, 6.45) is 2.28. The smallest absolute Gasteiger partial charge is 0.264 e. The van der Waals surface area contributed by atoms with Gasteiger partial charge < -0.3 is 15.0 Å². The molecule has 0 unspecified atom stereocenters. The molecule has 1 N–H and O–H groups in total. The Balaban J connectivity index is 2.06. The topological polar surface area (TPSA) is 96.0 Å². The normalized spacial score (nSPS) is 12.1. The fourth-order valence-electron chi connectivity index (χ4n) is 4.59. The van der Waals surface area contributed by atoms with Gasteiger partial charge in [-0.3, -0.25) is 13.9 Å². The summed E-state index contributed by atoms with van der Waals surface area (Å²) in [7, 11) is -4.15. The van der Waals surface area contributed by atoms with Crippen LogP contribution in [0.1, 0.15) is 45.2 Å². The first kappa shape index (κ1) is 34.0. The zero-order valence-electron chi connectivity index (χ0n) is 25.9. The second-order valence-electron chi connectivity index (χ2n) is 10.6. The van der Waals surface area contributed by atoms with E-state index < -0.39 is 28.5 Å². The van der Waals surface area contributed by atoms with Crippen molar-refractivity contribution in [1.82, 2.24) is 10.2 Å². The van der Waals surface area contributed by atoms with E-state index in [1.165, 1.54) is 16.7 Å². The highest BCUT2D eigenvalue weighted by molar-refractivity contribution is 7.98. The lowest BCUT2D eigenvalue weighted by Crippen LogP contribution is -2.52. The van der Waals surface area contributed by atoms with Crippen LogP contribution in [0.2, 0.25) is 0 Å². The first-order chi connectivity index (χ1) is 20.5. The Morgan fingerprint density at radius 1 is 0.953 bits per heavy atom. The van der Waals surface area contributed by atoms with Crippen LogP contribution in [-0.2, 0) is 26.2 Å². The van der Waals surface area contributed by atoms with E-state index in [4.69, 9.17) is 4.74 Å². The highest BCUT2D eigenvalue weighted by atomic mass is 32.2. The largest absolute Gasteiger partial charge is 0.494 e. The van der Waals surface area contributed by atoms with Gasteiger partial charge in [-0.25, -0.2) is 8.42 Å². The number of nitrogens with one attached hydrogen (secondary N) is 1. The number of benzene rings is 3. The monoisotopic (exact) mass is 625 g/mol. The van der Waals surface area contributed by atoms with Crippen molar-refractivity contribution in [2.75, 3.05) is 30.3 Å². The summed E-state index contributed by atoms with van der Waals surface area (Å²) in [5.74, 6) is 0.0855. The average Bonchev–Trinajstić information content (AvgIpc) is 3.00. The van der Waals surface area contributed by atoms with Crippen molar-refractivity contribution in [3.63, 3.8) is 0 Å². The van der Waals surface area contributed by atoms with Crippen LogP contribution in [0.4, 0.5) is 5.69 Å². The van der Waals surface area contributed by atoms with Crippen LogP contribution in [-0.4, -0.2) is 57.1 Å². The lowest BCUT2D eigenvalue weighted by molar-refractivity contribution is -0.140. The summed E-state index contributed by atoms with van der Waals surface area (Å²) >= 11 is 1.51. The molecule has 10 heteroatoms. The summed E-state index contributed by atoms with van der Waals surface area (Å²) < 4.78 is 34.9. The molecule has 0 aromatic heterocycles. The van der Waals surface area contributed by atoms with Gasteiger partial charge in [0, 0.05) is 18.0 Å². The summed E-state index contributed by atoms with van der Waals surface area (Å²) in [5.41, 5.74) is 2.18. The maximum Gasteiger partial charge on any atom is 0.264 e. The first-order valence-electron chi connectivity index (χ1n) is 14.5. The number of nitrogens with zero attached hydrogens (tertiary/aromatic N) is 2. The van der Waals surface area contributed by atoms with Gasteiger partial charge in [0.15, 0.2) is 0 Å². The molecule has 0 aliphatic carbocycles. The number of hydrogen-bond acceptors (Lipinski definition) is 6. The molecule has 0 saturated carbocycles. The van der Waals surface area contributed by atoms with Gasteiger partial charge >= 0.3 is 0 Å². The maximum absolute atomic E-state index is 14.2. The van der Waals surface area contributed by atoms with Crippen molar-refractivity contribution in [2.45, 2.75) is 63.4 Å². The molecule has 0 aliphatic rings. The molecule has 0 saturated heterocycles. The zero-order valence-corrected chi connectivity index (χ0v) is 27.5. The average molecular weight is 626 g/mol. The van der Waals surface area contributed by atoms with Gasteiger partial charge in [-0.2, -0.15) is 0 Å². The van der Waals surface area contributed by atoms with Gasteiger partial charge in [-0.15, -0.1) is 11.8 Å². The number of anilines is 1. The summed E-state index contributed by atoms with van der Waals surface area (Å²) in [5, 5.41) is 2.96. The molecule has 0 bridgehead atoms. The van der Waals surface area contributed by atoms with Crippen molar-refractivity contribution in [3.05, 3.63) is 83.9 Å². The number of thioether (sulfide) groups is 1. The second-order valence-corrected chi connectivity index (χ2v) is 13.4. The van der Waals surface area contributed by atoms with Crippen LogP contribution in [0.3, 0.4) is 0 Å².